The quantitative estimate of drug-likeness (QED) is 0.811. The zero-order valence-corrected chi connectivity index (χ0v) is 12.7. The molecule has 0 aromatic rings. The number of nitrogens with one attached hydrogen (secondary N) is 1. The van der Waals surface area contributed by atoms with Gasteiger partial charge in [-0.15, -0.1) is 0 Å². The maximum absolute atomic E-state index is 12.1. The highest BCUT2D eigenvalue weighted by Crippen LogP contribution is 2.17. The van der Waals surface area contributed by atoms with Gasteiger partial charge >= 0.3 is 0 Å². The highest BCUT2D eigenvalue weighted by molar-refractivity contribution is 7.92. The summed E-state index contributed by atoms with van der Waals surface area (Å²) in [4.78, 5) is 13.7. The number of piperazine rings is 1. The predicted octanol–water partition coefficient (Wildman–Crippen LogP) is 0.410. The van der Waals surface area contributed by atoms with Crippen LogP contribution in [0, 0.1) is 0 Å². The first-order valence-corrected chi connectivity index (χ1v) is 7.89. The first kappa shape index (κ1) is 15.4. The molecule has 1 saturated heterocycles. The molecule has 1 rings (SSSR count). The number of amides is 1. The third-order valence-corrected chi connectivity index (χ3v) is 5.92. The number of rotatable bonds is 3. The molecule has 0 aliphatic carbocycles. The van der Waals surface area contributed by atoms with E-state index in [2.05, 4.69) is 5.32 Å². The summed E-state index contributed by atoms with van der Waals surface area (Å²) < 4.78 is 23.3. The van der Waals surface area contributed by atoms with Crippen molar-refractivity contribution in [3.8, 4) is 0 Å². The Balaban J connectivity index is 2.68. The number of carbonyl (C=O) groups excluding carboxylic acids is 1. The van der Waals surface area contributed by atoms with E-state index in [4.69, 9.17) is 0 Å². The van der Waals surface area contributed by atoms with Crippen LogP contribution in [0.15, 0.2) is 0 Å². The lowest BCUT2D eigenvalue weighted by atomic mass is 10.0. The van der Waals surface area contributed by atoms with Crippen molar-refractivity contribution >= 4 is 15.7 Å². The molecule has 1 aliphatic rings. The van der Waals surface area contributed by atoms with Crippen molar-refractivity contribution in [1.29, 1.82) is 0 Å². The molecule has 0 saturated carbocycles. The van der Waals surface area contributed by atoms with E-state index >= 15 is 0 Å². The van der Waals surface area contributed by atoms with Gasteiger partial charge in [-0.25, -0.2) is 8.42 Å². The van der Waals surface area contributed by atoms with Crippen LogP contribution in [0.5, 0.6) is 0 Å². The van der Waals surface area contributed by atoms with Gasteiger partial charge in [-0.1, -0.05) is 0 Å². The van der Waals surface area contributed by atoms with Crippen molar-refractivity contribution in [2.75, 3.05) is 25.4 Å². The first-order valence-electron chi connectivity index (χ1n) is 6.24. The lowest BCUT2D eigenvalue weighted by Gasteiger charge is -2.38. The molecule has 0 aromatic carbocycles. The SMILES string of the molecule is CC1(C)NCCN(CCS(=O)(=O)C(C)(C)C)C1=O. The fourth-order valence-electron chi connectivity index (χ4n) is 1.83. The van der Waals surface area contributed by atoms with E-state index in [1.165, 1.54) is 0 Å². The van der Waals surface area contributed by atoms with Crippen LogP contribution >= 0.6 is 0 Å². The Bertz CT molecular complexity index is 421. The summed E-state index contributed by atoms with van der Waals surface area (Å²) in [6.45, 7) is 10.3. The second kappa shape index (κ2) is 4.81. The molecule has 5 nitrogen and oxygen atoms in total. The highest BCUT2D eigenvalue weighted by Gasteiger charge is 2.36. The fourth-order valence-corrected chi connectivity index (χ4v) is 2.90. The van der Waals surface area contributed by atoms with Gasteiger partial charge in [0.05, 0.1) is 16.0 Å². The molecule has 6 heteroatoms. The molecular weight excluding hydrogens is 252 g/mol. The molecular formula is C12H24N2O3S. The van der Waals surface area contributed by atoms with Crippen LogP contribution in [0.25, 0.3) is 0 Å². The van der Waals surface area contributed by atoms with Crippen LogP contribution in [-0.2, 0) is 14.6 Å². The minimum atomic E-state index is -3.17. The van der Waals surface area contributed by atoms with E-state index in [1.807, 2.05) is 13.8 Å². The zero-order chi connectivity index (χ0) is 14.2. The number of nitrogens with zero attached hydrogens (tertiary/aromatic N) is 1. The van der Waals surface area contributed by atoms with Gasteiger partial charge in [0.15, 0.2) is 9.84 Å². The van der Waals surface area contributed by atoms with Crippen LogP contribution in [0.2, 0.25) is 0 Å². The third-order valence-electron chi connectivity index (χ3n) is 3.33. The van der Waals surface area contributed by atoms with Gasteiger partial charge in [-0.3, -0.25) is 4.79 Å². The third kappa shape index (κ3) is 3.23. The van der Waals surface area contributed by atoms with Gasteiger partial charge in [-0.2, -0.15) is 0 Å². The zero-order valence-electron chi connectivity index (χ0n) is 11.9. The maximum Gasteiger partial charge on any atom is 0.242 e. The van der Waals surface area contributed by atoms with Crippen molar-refractivity contribution in [1.82, 2.24) is 10.2 Å². The molecule has 0 spiro atoms. The second-order valence-corrected chi connectivity index (χ2v) is 9.14. The van der Waals surface area contributed by atoms with Gasteiger partial charge < -0.3 is 10.2 Å². The van der Waals surface area contributed by atoms with Crippen molar-refractivity contribution in [2.45, 2.75) is 44.9 Å². The molecule has 0 aromatic heterocycles. The highest BCUT2D eigenvalue weighted by atomic mass is 32.2. The Labute approximate surface area is 110 Å². The van der Waals surface area contributed by atoms with Crippen molar-refractivity contribution in [3.05, 3.63) is 0 Å². The van der Waals surface area contributed by atoms with Gasteiger partial charge in [-0.05, 0) is 34.6 Å². The summed E-state index contributed by atoms with van der Waals surface area (Å²) in [5, 5.41) is 3.12. The van der Waals surface area contributed by atoms with E-state index in [-0.39, 0.29) is 18.2 Å². The Kier molecular flexibility index (Phi) is 4.13. The Hall–Kier alpha value is -0.620. The van der Waals surface area contributed by atoms with Gasteiger partial charge in [0.1, 0.15) is 0 Å². The molecule has 106 valence electrons. The van der Waals surface area contributed by atoms with E-state index in [9.17, 15) is 13.2 Å². The number of sulfone groups is 1. The Morgan fingerprint density at radius 3 is 2.39 bits per heavy atom. The summed E-state index contributed by atoms with van der Waals surface area (Å²) in [7, 11) is -3.17. The Morgan fingerprint density at radius 2 is 1.89 bits per heavy atom. The topological polar surface area (TPSA) is 66.5 Å². The molecule has 0 radical (unpaired) electrons. The monoisotopic (exact) mass is 276 g/mol. The van der Waals surface area contributed by atoms with Crippen LogP contribution in [0.3, 0.4) is 0 Å². The Morgan fingerprint density at radius 1 is 1.33 bits per heavy atom. The van der Waals surface area contributed by atoms with Crippen LogP contribution in [0.1, 0.15) is 34.6 Å². The molecule has 0 atom stereocenters. The van der Waals surface area contributed by atoms with E-state index in [1.54, 1.807) is 25.7 Å². The fraction of sp³-hybridized carbons (Fsp3) is 0.917. The average molecular weight is 276 g/mol. The number of hydrogen-bond donors (Lipinski definition) is 1. The molecule has 0 bridgehead atoms. The normalized spacial score (nSPS) is 21.2. The minimum Gasteiger partial charge on any atom is -0.339 e. The predicted molar refractivity (Wildman–Crippen MR) is 72.2 cm³/mol. The minimum absolute atomic E-state index is 0.0261. The summed E-state index contributed by atoms with van der Waals surface area (Å²) in [6.07, 6.45) is 0. The molecule has 18 heavy (non-hydrogen) atoms. The summed E-state index contributed by atoms with van der Waals surface area (Å²) in [6, 6.07) is 0. The van der Waals surface area contributed by atoms with Crippen molar-refractivity contribution < 1.29 is 13.2 Å². The van der Waals surface area contributed by atoms with E-state index in [0.717, 1.165) is 0 Å². The van der Waals surface area contributed by atoms with Crippen LogP contribution < -0.4 is 5.32 Å². The standard InChI is InChI=1S/C12H24N2O3S/c1-11(2,3)18(16,17)9-8-14-7-6-13-12(4,5)10(14)15/h13H,6-9H2,1-5H3. The smallest absolute Gasteiger partial charge is 0.242 e. The van der Waals surface area contributed by atoms with Gasteiger partial charge in [0, 0.05) is 19.6 Å². The molecule has 1 amide bonds. The lowest BCUT2D eigenvalue weighted by Crippen LogP contribution is -2.61. The van der Waals surface area contributed by atoms with E-state index in [0.29, 0.717) is 13.1 Å². The van der Waals surface area contributed by atoms with Crippen molar-refractivity contribution in [3.63, 3.8) is 0 Å². The molecule has 0 unspecified atom stereocenters. The van der Waals surface area contributed by atoms with E-state index < -0.39 is 20.1 Å². The average Bonchev–Trinajstić information content (AvgIpc) is 2.18. The molecule has 1 heterocycles. The second-order valence-electron chi connectivity index (χ2n) is 6.28. The number of carbonyl (C=O) groups is 1. The summed E-state index contributed by atoms with van der Waals surface area (Å²) in [5.74, 6) is -0.00365. The van der Waals surface area contributed by atoms with Crippen LogP contribution in [0.4, 0.5) is 0 Å². The summed E-state index contributed by atoms with van der Waals surface area (Å²) in [5.41, 5.74) is -0.594. The van der Waals surface area contributed by atoms with Crippen LogP contribution in [-0.4, -0.2) is 54.9 Å². The number of hydrogen-bond acceptors (Lipinski definition) is 4. The van der Waals surface area contributed by atoms with Gasteiger partial charge in [0.25, 0.3) is 0 Å². The maximum atomic E-state index is 12.1. The first-order chi connectivity index (χ1) is 7.97. The summed E-state index contributed by atoms with van der Waals surface area (Å²) >= 11 is 0. The van der Waals surface area contributed by atoms with Gasteiger partial charge in [0.2, 0.25) is 5.91 Å². The lowest BCUT2D eigenvalue weighted by molar-refractivity contribution is -0.139. The molecule has 1 fully saturated rings. The molecule has 1 aliphatic heterocycles. The largest absolute Gasteiger partial charge is 0.339 e. The van der Waals surface area contributed by atoms with Crippen molar-refractivity contribution in [2.24, 2.45) is 0 Å². The molecule has 1 N–H and O–H groups in total.